The van der Waals surface area contributed by atoms with Crippen LogP contribution >= 0.6 is 0 Å². The molecule has 3 heteroatoms. The van der Waals surface area contributed by atoms with Crippen molar-refractivity contribution in [3.05, 3.63) is 89.8 Å². The third kappa shape index (κ3) is 6.80. The number of benzene rings is 1. The van der Waals surface area contributed by atoms with E-state index in [4.69, 9.17) is 17.1 Å². The predicted molar refractivity (Wildman–Crippen MR) is 120 cm³/mol. The fraction of sp³-hybridized carbons (Fsp3) is 0.167. The summed E-state index contributed by atoms with van der Waals surface area (Å²) in [6.07, 6.45) is 16.5. The lowest BCUT2D eigenvalue weighted by Crippen LogP contribution is -2.01. The van der Waals surface area contributed by atoms with Crippen LogP contribution in [0.25, 0.3) is 5.70 Å². The highest BCUT2D eigenvalue weighted by Crippen LogP contribution is 2.21. The van der Waals surface area contributed by atoms with Crippen molar-refractivity contribution >= 4 is 17.1 Å². The summed E-state index contributed by atoms with van der Waals surface area (Å²) in [5.74, 6) is 2.64. The Kier molecular flexibility index (Phi) is 9.05. The van der Waals surface area contributed by atoms with Crippen molar-refractivity contribution in [3.63, 3.8) is 0 Å². The van der Waals surface area contributed by atoms with Crippen molar-refractivity contribution in [1.29, 1.82) is 0 Å². The molecule has 0 fully saturated rings. The lowest BCUT2D eigenvalue weighted by atomic mass is 10.0. The average Bonchev–Trinajstić information content (AvgIpc) is 2.66. The van der Waals surface area contributed by atoms with Gasteiger partial charge in [0.25, 0.3) is 0 Å². The molecule has 27 heavy (non-hydrogen) atoms. The molecule has 0 heterocycles. The number of aliphatic imine (C=N–C) groups is 2. The molecular weight excluding hydrogens is 330 g/mol. The first-order valence-corrected chi connectivity index (χ1v) is 8.71. The SMILES string of the molecule is C#CC(/C=C\C)=C/C(C)=N/C(=C(\C)N)c1cccc(/C(C=C)=N/C=C\C)c1. The maximum Gasteiger partial charge on any atom is 0.0889 e. The number of nitrogens with zero attached hydrogens (tertiary/aromatic N) is 2. The molecule has 0 saturated carbocycles. The Morgan fingerprint density at radius 3 is 2.44 bits per heavy atom. The van der Waals surface area contributed by atoms with Gasteiger partial charge in [-0.15, -0.1) is 6.42 Å². The number of rotatable bonds is 7. The van der Waals surface area contributed by atoms with Crippen LogP contribution in [0.2, 0.25) is 0 Å². The van der Waals surface area contributed by atoms with Gasteiger partial charge in [-0.05, 0) is 45.9 Å². The first-order valence-electron chi connectivity index (χ1n) is 8.71. The van der Waals surface area contributed by atoms with Crippen molar-refractivity contribution in [3.8, 4) is 12.3 Å². The molecule has 2 N–H and O–H groups in total. The Morgan fingerprint density at radius 1 is 1.19 bits per heavy atom. The van der Waals surface area contributed by atoms with Gasteiger partial charge in [0.2, 0.25) is 0 Å². The van der Waals surface area contributed by atoms with E-state index in [9.17, 15) is 0 Å². The van der Waals surface area contributed by atoms with Crippen molar-refractivity contribution < 1.29 is 0 Å². The average molecular weight is 358 g/mol. The fourth-order valence-corrected chi connectivity index (χ4v) is 2.36. The molecule has 1 rings (SSSR count). The Bertz CT molecular complexity index is 894. The van der Waals surface area contributed by atoms with Crippen molar-refractivity contribution in [1.82, 2.24) is 0 Å². The summed E-state index contributed by atoms with van der Waals surface area (Å²) in [5, 5.41) is 0. The lowest BCUT2D eigenvalue weighted by molar-refractivity contribution is 1.28. The Balaban J connectivity index is 3.42. The van der Waals surface area contributed by atoms with Crippen LogP contribution in [-0.4, -0.2) is 11.4 Å². The summed E-state index contributed by atoms with van der Waals surface area (Å²) in [6.45, 7) is 11.4. The number of nitrogens with two attached hydrogens (primary N) is 1. The topological polar surface area (TPSA) is 50.7 Å². The largest absolute Gasteiger partial charge is 0.401 e. The van der Waals surface area contributed by atoms with Crippen LogP contribution in [0.3, 0.4) is 0 Å². The monoisotopic (exact) mass is 357 g/mol. The van der Waals surface area contributed by atoms with Crippen LogP contribution in [0.4, 0.5) is 0 Å². The molecular formula is C24H27N3. The second-order valence-electron chi connectivity index (χ2n) is 5.81. The maximum atomic E-state index is 6.11. The summed E-state index contributed by atoms with van der Waals surface area (Å²) in [5.41, 5.74) is 11.6. The molecule has 1 aromatic rings. The quantitative estimate of drug-likeness (QED) is 0.394. The first kappa shape index (κ1) is 21.7. The van der Waals surface area contributed by atoms with Crippen LogP contribution in [0.1, 0.15) is 38.8 Å². The molecule has 0 aliphatic heterocycles. The Hall–Kier alpha value is -3.38. The van der Waals surface area contributed by atoms with E-state index in [0.29, 0.717) is 11.4 Å². The summed E-state index contributed by atoms with van der Waals surface area (Å²) in [6, 6.07) is 7.91. The van der Waals surface area contributed by atoms with Crippen LogP contribution in [-0.2, 0) is 0 Å². The highest BCUT2D eigenvalue weighted by atomic mass is 14.8. The highest BCUT2D eigenvalue weighted by Gasteiger charge is 2.07. The smallest absolute Gasteiger partial charge is 0.0889 e. The van der Waals surface area contributed by atoms with Crippen LogP contribution in [0.15, 0.2) is 88.7 Å². The lowest BCUT2D eigenvalue weighted by Gasteiger charge is -2.09. The van der Waals surface area contributed by atoms with Gasteiger partial charge in [0, 0.05) is 34.3 Å². The van der Waals surface area contributed by atoms with Gasteiger partial charge < -0.3 is 5.73 Å². The van der Waals surface area contributed by atoms with E-state index in [1.165, 1.54) is 0 Å². The predicted octanol–water partition coefficient (Wildman–Crippen LogP) is 5.44. The zero-order chi connectivity index (χ0) is 20.2. The minimum Gasteiger partial charge on any atom is -0.401 e. The van der Waals surface area contributed by atoms with Crippen molar-refractivity contribution in [2.45, 2.75) is 27.7 Å². The second kappa shape index (κ2) is 11.3. The maximum absolute atomic E-state index is 6.11. The van der Waals surface area contributed by atoms with Crippen molar-refractivity contribution in [2.75, 3.05) is 0 Å². The number of hydrogen-bond acceptors (Lipinski definition) is 3. The fourth-order valence-electron chi connectivity index (χ4n) is 2.36. The molecule has 3 nitrogen and oxygen atoms in total. The van der Waals surface area contributed by atoms with Crippen LogP contribution < -0.4 is 5.73 Å². The molecule has 0 spiro atoms. The molecule has 0 atom stereocenters. The molecule has 0 unspecified atom stereocenters. The molecule has 138 valence electrons. The van der Waals surface area contributed by atoms with E-state index in [-0.39, 0.29) is 0 Å². The third-order valence-corrected chi connectivity index (χ3v) is 3.53. The van der Waals surface area contributed by atoms with E-state index < -0.39 is 0 Å². The van der Waals surface area contributed by atoms with Gasteiger partial charge in [-0.2, -0.15) is 0 Å². The number of allylic oxidation sites excluding steroid dienone is 7. The summed E-state index contributed by atoms with van der Waals surface area (Å²) < 4.78 is 0. The Morgan fingerprint density at radius 2 is 1.89 bits per heavy atom. The number of terminal acetylenes is 1. The summed E-state index contributed by atoms with van der Waals surface area (Å²) in [4.78, 5) is 9.09. The summed E-state index contributed by atoms with van der Waals surface area (Å²) >= 11 is 0. The van der Waals surface area contributed by atoms with Gasteiger partial charge in [-0.1, -0.05) is 48.9 Å². The summed E-state index contributed by atoms with van der Waals surface area (Å²) in [7, 11) is 0. The molecule has 0 aliphatic rings. The van der Waals surface area contributed by atoms with Crippen LogP contribution in [0.5, 0.6) is 0 Å². The third-order valence-electron chi connectivity index (χ3n) is 3.53. The molecule has 0 aromatic heterocycles. The molecule has 0 amide bonds. The standard InChI is InChI=1S/C24H27N3/c1-7-12-20(9-3)16-18(5)27-24(19(6)25)22-14-11-13-21(17-22)23(10-4)26-15-8-2/h3,7-8,10-17H,4,25H2,1-2,5-6H3/b12-7-,15-8-,20-16-,24-19+,26-23+,27-18+. The molecule has 1 aromatic carbocycles. The Labute approximate surface area is 163 Å². The molecule has 0 radical (unpaired) electrons. The second-order valence-corrected chi connectivity index (χ2v) is 5.81. The van der Waals surface area contributed by atoms with Crippen LogP contribution in [0, 0.1) is 12.3 Å². The number of hydrogen-bond donors (Lipinski definition) is 1. The van der Waals surface area contributed by atoms with Gasteiger partial charge in [0.05, 0.1) is 11.4 Å². The van der Waals surface area contributed by atoms with E-state index in [1.54, 1.807) is 12.3 Å². The van der Waals surface area contributed by atoms with Gasteiger partial charge in [0.15, 0.2) is 0 Å². The van der Waals surface area contributed by atoms with Gasteiger partial charge in [0.1, 0.15) is 0 Å². The van der Waals surface area contributed by atoms with Gasteiger partial charge >= 0.3 is 0 Å². The molecule has 0 aliphatic carbocycles. The van der Waals surface area contributed by atoms with Gasteiger partial charge in [-0.3, -0.25) is 9.98 Å². The highest BCUT2D eigenvalue weighted by molar-refractivity contribution is 6.09. The minimum absolute atomic E-state index is 0.624. The zero-order valence-electron chi connectivity index (χ0n) is 16.5. The zero-order valence-corrected chi connectivity index (χ0v) is 16.5. The minimum atomic E-state index is 0.624. The first-order chi connectivity index (χ1) is 13.0. The van der Waals surface area contributed by atoms with Gasteiger partial charge in [-0.25, -0.2) is 0 Å². The van der Waals surface area contributed by atoms with Crippen molar-refractivity contribution in [2.24, 2.45) is 15.7 Å². The van der Waals surface area contributed by atoms with E-state index >= 15 is 0 Å². The normalized spacial score (nSPS) is 14.4. The molecule has 0 bridgehead atoms. The van der Waals surface area contributed by atoms with E-state index in [0.717, 1.165) is 28.1 Å². The van der Waals surface area contributed by atoms with E-state index in [1.807, 2.05) is 76.3 Å². The molecule has 0 saturated heterocycles. The van der Waals surface area contributed by atoms with E-state index in [2.05, 4.69) is 17.5 Å².